The van der Waals surface area contributed by atoms with Crippen molar-refractivity contribution in [2.45, 2.75) is 46.4 Å². The van der Waals surface area contributed by atoms with Crippen LogP contribution in [0.2, 0.25) is 5.02 Å². The molecular formula is C33H29Br2ClN2O5S. The average Bonchev–Trinajstić information content (AvgIpc) is 3.26. The first-order valence-electron chi connectivity index (χ1n) is 13.9. The van der Waals surface area contributed by atoms with Crippen LogP contribution >= 0.6 is 54.8 Å². The van der Waals surface area contributed by atoms with Gasteiger partial charge in [-0.3, -0.25) is 9.36 Å². The molecule has 0 saturated carbocycles. The number of thiazole rings is 1. The minimum Gasteiger partial charge on any atom is -0.491 e. The van der Waals surface area contributed by atoms with Gasteiger partial charge in [-0.25, -0.2) is 9.79 Å². The molecule has 0 saturated heterocycles. The number of rotatable bonds is 9. The fraction of sp³-hybridized carbons (Fsp3) is 0.242. The number of esters is 1. The van der Waals surface area contributed by atoms with E-state index in [1.165, 1.54) is 11.3 Å². The molecule has 3 aromatic carbocycles. The summed E-state index contributed by atoms with van der Waals surface area (Å²) in [6.45, 7) is 7.82. The summed E-state index contributed by atoms with van der Waals surface area (Å²) >= 11 is 14.6. The summed E-state index contributed by atoms with van der Waals surface area (Å²) in [5, 5.41) is 0.620. The summed E-state index contributed by atoms with van der Waals surface area (Å²) in [5.41, 5.74) is 2.73. The van der Waals surface area contributed by atoms with Crippen LogP contribution < -0.4 is 24.4 Å². The predicted octanol–water partition coefficient (Wildman–Crippen LogP) is 7.34. The summed E-state index contributed by atoms with van der Waals surface area (Å²) < 4.78 is 21.3. The van der Waals surface area contributed by atoms with Gasteiger partial charge in [-0.2, -0.15) is 0 Å². The van der Waals surface area contributed by atoms with Crippen LogP contribution in [0.4, 0.5) is 0 Å². The molecule has 0 unspecified atom stereocenters. The van der Waals surface area contributed by atoms with Gasteiger partial charge in [0.2, 0.25) is 0 Å². The third-order valence-electron chi connectivity index (χ3n) is 6.69. The fourth-order valence-corrected chi connectivity index (χ4v) is 7.54. The van der Waals surface area contributed by atoms with Crippen LogP contribution in [0.3, 0.4) is 0 Å². The quantitative estimate of drug-likeness (QED) is 0.167. The maximum atomic E-state index is 14.3. The van der Waals surface area contributed by atoms with Crippen molar-refractivity contribution in [2.75, 3.05) is 6.61 Å². The molecular weight excluding hydrogens is 732 g/mol. The molecule has 0 spiro atoms. The van der Waals surface area contributed by atoms with Crippen LogP contribution in [-0.4, -0.2) is 23.2 Å². The molecule has 1 aliphatic rings. The molecule has 0 N–H and O–H groups in total. The standard InChI is InChI=1S/C33H29Br2ClN2O5S/c1-5-41-32(40)28-19(4)37-33-38(29(28)24-11-6-7-12-26(24)43-18(2)3)31(39)27(44-33)15-21-14-22(34)16-25(35)30(21)42-17-20-9-8-10-23(36)13-20/h6-16,18,29H,5,17H2,1-4H3/b27-15-/t29-/m1/s1. The number of allylic oxidation sites excluding steroid dienone is 1. The normalized spacial score (nSPS) is 14.8. The molecule has 0 bridgehead atoms. The van der Waals surface area contributed by atoms with Crippen molar-refractivity contribution in [2.24, 2.45) is 4.99 Å². The number of hydrogen-bond donors (Lipinski definition) is 0. The first kappa shape index (κ1) is 32.2. The third-order valence-corrected chi connectivity index (χ3v) is 8.95. The molecule has 4 aromatic rings. The zero-order chi connectivity index (χ0) is 31.5. The van der Waals surface area contributed by atoms with Gasteiger partial charge in [0.1, 0.15) is 24.1 Å². The Bertz CT molecular complexity index is 1950. The number of aromatic nitrogens is 1. The SMILES string of the molecule is CCOC(=O)C1=C(C)N=c2s/c(=C\c3cc(Br)cc(Br)c3OCc3cccc(Cl)c3)c(=O)n2[C@@H]1c1ccccc1OC(C)C. The molecule has 5 rings (SSSR count). The van der Waals surface area contributed by atoms with E-state index in [1.807, 2.05) is 68.4 Å². The lowest BCUT2D eigenvalue weighted by molar-refractivity contribution is -0.139. The van der Waals surface area contributed by atoms with Crippen molar-refractivity contribution >= 4 is 66.8 Å². The lowest BCUT2D eigenvalue weighted by atomic mass is 9.95. The molecule has 7 nitrogen and oxygen atoms in total. The van der Waals surface area contributed by atoms with Crippen molar-refractivity contribution in [3.05, 3.63) is 122 Å². The topological polar surface area (TPSA) is 79.1 Å². The van der Waals surface area contributed by atoms with E-state index in [0.29, 0.717) is 52.7 Å². The van der Waals surface area contributed by atoms with Crippen molar-refractivity contribution in [3.8, 4) is 11.5 Å². The third kappa shape index (κ3) is 6.88. The van der Waals surface area contributed by atoms with Gasteiger partial charge in [0, 0.05) is 20.6 Å². The second-order valence-electron chi connectivity index (χ2n) is 10.2. The molecule has 0 fully saturated rings. The Labute approximate surface area is 280 Å². The van der Waals surface area contributed by atoms with Gasteiger partial charge in [0.05, 0.1) is 33.0 Å². The summed E-state index contributed by atoms with van der Waals surface area (Å²) in [5.74, 6) is 0.612. The van der Waals surface area contributed by atoms with Gasteiger partial charge < -0.3 is 14.2 Å². The summed E-state index contributed by atoms with van der Waals surface area (Å²) in [6.07, 6.45) is 1.66. The molecule has 0 aliphatic carbocycles. The van der Waals surface area contributed by atoms with E-state index in [1.54, 1.807) is 30.6 Å². The average molecular weight is 761 g/mol. The Morgan fingerprint density at radius 3 is 2.64 bits per heavy atom. The smallest absolute Gasteiger partial charge is 0.338 e. The second kappa shape index (κ2) is 13.9. The zero-order valence-electron chi connectivity index (χ0n) is 24.4. The number of hydrogen-bond acceptors (Lipinski definition) is 7. The highest BCUT2D eigenvalue weighted by Gasteiger charge is 2.35. The highest BCUT2D eigenvalue weighted by molar-refractivity contribution is 9.11. The Morgan fingerprint density at radius 1 is 1.14 bits per heavy atom. The fourth-order valence-electron chi connectivity index (χ4n) is 4.92. The van der Waals surface area contributed by atoms with Crippen LogP contribution in [0, 0.1) is 0 Å². The van der Waals surface area contributed by atoms with Crippen LogP contribution in [0.5, 0.6) is 11.5 Å². The van der Waals surface area contributed by atoms with Gasteiger partial charge in [-0.15, -0.1) is 0 Å². The monoisotopic (exact) mass is 758 g/mol. The molecule has 1 aliphatic heterocycles. The van der Waals surface area contributed by atoms with E-state index in [0.717, 1.165) is 10.0 Å². The molecule has 1 atom stereocenters. The van der Waals surface area contributed by atoms with Gasteiger partial charge >= 0.3 is 5.97 Å². The summed E-state index contributed by atoms with van der Waals surface area (Å²) in [4.78, 5) is 32.8. The summed E-state index contributed by atoms with van der Waals surface area (Å²) in [6, 6.07) is 17.8. The van der Waals surface area contributed by atoms with Gasteiger partial charge in [-0.05, 0) is 85.6 Å². The number of para-hydroxylation sites is 1. The molecule has 0 radical (unpaired) electrons. The summed E-state index contributed by atoms with van der Waals surface area (Å²) in [7, 11) is 0. The maximum Gasteiger partial charge on any atom is 0.338 e. The number of nitrogens with zero attached hydrogens (tertiary/aromatic N) is 2. The van der Waals surface area contributed by atoms with Crippen molar-refractivity contribution in [1.29, 1.82) is 0 Å². The van der Waals surface area contributed by atoms with E-state index in [-0.39, 0.29) is 24.9 Å². The maximum absolute atomic E-state index is 14.3. The van der Waals surface area contributed by atoms with Crippen molar-refractivity contribution < 1.29 is 19.0 Å². The van der Waals surface area contributed by atoms with E-state index < -0.39 is 12.0 Å². The molecule has 44 heavy (non-hydrogen) atoms. The lowest BCUT2D eigenvalue weighted by Crippen LogP contribution is -2.40. The van der Waals surface area contributed by atoms with Crippen LogP contribution in [-0.2, 0) is 16.1 Å². The van der Waals surface area contributed by atoms with Crippen molar-refractivity contribution in [1.82, 2.24) is 4.57 Å². The van der Waals surface area contributed by atoms with E-state index in [9.17, 15) is 9.59 Å². The van der Waals surface area contributed by atoms with Gasteiger partial charge in [0.15, 0.2) is 4.80 Å². The number of carbonyl (C=O) groups excluding carboxylic acids is 1. The molecule has 11 heteroatoms. The van der Waals surface area contributed by atoms with E-state index in [2.05, 4.69) is 31.9 Å². The predicted molar refractivity (Wildman–Crippen MR) is 180 cm³/mol. The number of halogens is 3. The number of ether oxygens (including phenoxy) is 3. The lowest BCUT2D eigenvalue weighted by Gasteiger charge is -2.26. The van der Waals surface area contributed by atoms with E-state index in [4.69, 9.17) is 30.8 Å². The number of carbonyl (C=O) groups is 1. The van der Waals surface area contributed by atoms with Gasteiger partial charge in [0.25, 0.3) is 5.56 Å². The van der Waals surface area contributed by atoms with Gasteiger partial charge in [-0.1, -0.05) is 69.2 Å². The minimum atomic E-state index is -0.796. The Kier molecular flexibility index (Phi) is 10.1. The van der Waals surface area contributed by atoms with Crippen LogP contribution in [0.15, 0.2) is 90.7 Å². The Balaban J connectivity index is 1.68. The van der Waals surface area contributed by atoms with Crippen LogP contribution in [0.1, 0.15) is 50.4 Å². The Hall–Kier alpha value is -3.18. The highest BCUT2D eigenvalue weighted by Crippen LogP contribution is 2.37. The number of fused-ring (bicyclic) bond motifs is 1. The van der Waals surface area contributed by atoms with Crippen LogP contribution in [0.25, 0.3) is 6.08 Å². The molecule has 0 amide bonds. The van der Waals surface area contributed by atoms with Crippen molar-refractivity contribution in [3.63, 3.8) is 0 Å². The first-order chi connectivity index (χ1) is 21.1. The first-order valence-corrected chi connectivity index (χ1v) is 16.7. The second-order valence-corrected chi connectivity index (χ2v) is 13.4. The number of benzene rings is 3. The molecule has 1 aromatic heterocycles. The largest absolute Gasteiger partial charge is 0.491 e. The van der Waals surface area contributed by atoms with E-state index >= 15 is 0 Å². The molecule has 2 heterocycles. The minimum absolute atomic E-state index is 0.122. The zero-order valence-corrected chi connectivity index (χ0v) is 29.1. The molecule has 228 valence electrons. The Morgan fingerprint density at radius 2 is 1.91 bits per heavy atom. The highest BCUT2D eigenvalue weighted by atomic mass is 79.9.